The third-order valence-corrected chi connectivity index (χ3v) is 7.69. The van der Waals surface area contributed by atoms with E-state index in [0.717, 1.165) is 11.3 Å². The van der Waals surface area contributed by atoms with Crippen LogP contribution in [0.5, 0.6) is 0 Å². The molecule has 4 rings (SSSR count). The Bertz CT molecular complexity index is 1640. The maximum atomic E-state index is 14.1. The maximum absolute atomic E-state index is 14.1. The molecule has 1 unspecified atom stereocenters. The summed E-state index contributed by atoms with van der Waals surface area (Å²) in [6, 6.07) is 23.5. The largest absolute Gasteiger partial charge is 0.480 e. The summed E-state index contributed by atoms with van der Waals surface area (Å²) in [6.45, 7) is 5.52. The number of rotatable bonds is 14. The summed E-state index contributed by atoms with van der Waals surface area (Å²) in [5.41, 5.74) is 4.64. The van der Waals surface area contributed by atoms with Crippen LogP contribution in [-0.4, -0.2) is 55.9 Å². The van der Waals surface area contributed by atoms with Crippen molar-refractivity contribution in [2.24, 2.45) is 0 Å². The summed E-state index contributed by atoms with van der Waals surface area (Å²) in [4.78, 5) is 37.3. The van der Waals surface area contributed by atoms with Crippen molar-refractivity contribution in [1.82, 2.24) is 9.88 Å². The number of hydrogen-bond acceptors (Lipinski definition) is 5. The van der Waals surface area contributed by atoms with E-state index in [9.17, 15) is 29.0 Å². The van der Waals surface area contributed by atoms with Gasteiger partial charge in [0.1, 0.15) is 11.9 Å². The van der Waals surface area contributed by atoms with Crippen LogP contribution in [0.4, 0.5) is 10.1 Å². The van der Waals surface area contributed by atoms with E-state index in [-0.39, 0.29) is 37.6 Å². The fourth-order valence-electron chi connectivity index (χ4n) is 5.58. The molecule has 46 heavy (non-hydrogen) atoms. The monoisotopic (exact) mass is 629 g/mol. The lowest BCUT2D eigenvalue weighted by Crippen LogP contribution is -2.40. The number of para-hydroxylation sites is 1. The van der Waals surface area contributed by atoms with Crippen LogP contribution in [-0.2, 0) is 16.1 Å². The van der Waals surface area contributed by atoms with Gasteiger partial charge in [0.2, 0.25) is 5.91 Å². The Balaban J connectivity index is 1.75. The van der Waals surface area contributed by atoms with Crippen molar-refractivity contribution in [1.29, 1.82) is 0 Å². The molecular formula is C36H40FN3O6. The molecule has 1 aromatic heterocycles. The number of anilines is 1. The molecule has 4 aromatic rings. The van der Waals surface area contributed by atoms with E-state index < -0.39 is 35.9 Å². The molecule has 3 aromatic carbocycles. The first-order valence-electron chi connectivity index (χ1n) is 15.3. The summed E-state index contributed by atoms with van der Waals surface area (Å²) in [7, 11) is 0. The number of nitrogens with zero attached hydrogens (tertiary/aromatic N) is 1. The minimum Gasteiger partial charge on any atom is -0.480 e. The molecule has 0 aliphatic rings. The smallest absolute Gasteiger partial charge is 0.325 e. The number of carboxylic acid groups (broad SMARTS) is 1. The van der Waals surface area contributed by atoms with Crippen molar-refractivity contribution in [2.75, 3.05) is 5.32 Å². The minimum atomic E-state index is -1.20. The number of nitrogens with one attached hydrogen (secondary N) is 2. The van der Waals surface area contributed by atoms with Crippen LogP contribution in [0.3, 0.4) is 0 Å². The highest BCUT2D eigenvalue weighted by molar-refractivity contribution is 6.12. The van der Waals surface area contributed by atoms with Gasteiger partial charge >= 0.3 is 5.97 Å². The van der Waals surface area contributed by atoms with E-state index in [1.165, 1.54) is 19.1 Å². The lowest BCUT2D eigenvalue weighted by molar-refractivity contribution is -0.141. The van der Waals surface area contributed by atoms with E-state index in [2.05, 4.69) is 10.6 Å². The van der Waals surface area contributed by atoms with Crippen LogP contribution in [0.1, 0.15) is 62.0 Å². The number of carbonyl (C=O) groups excluding carboxylic acids is 2. The van der Waals surface area contributed by atoms with Crippen LogP contribution < -0.4 is 10.6 Å². The third kappa shape index (κ3) is 8.47. The van der Waals surface area contributed by atoms with Gasteiger partial charge in [0, 0.05) is 23.5 Å². The van der Waals surface area contributed by atoms with Gasteiger partial charge in [-0.1, -0.05) is 62.4 Å². The predicted octanol–water partition coefficient (Wildman–Crippen LogP) is 5.82. The van der Waals surface area contributed by atoms with E-state index >= 15 is 0 Å². The molecule has 5 N–H and O–H groups in total. The molecule has 0 aliphatic heterocycles. The molecule has 0 spiro atoms. The SMILES string of the molecule is CC(NC(=O)C[C@H](O)C[C@H](O)CCn1c(-c2ccc(F)cc2)c(-c2ccccc2)c(C(=O)Nc2ccccc2)c1C(C)C)C(=O)O. The minimum absolute atomic E-state index is 0.119. The Morgan fingerprint density at radius 1 is 0.826 bits per heavy atom. The van der Waals surface area contributed by atoms with Crippen LogP contribution >= 0.6 is 0 Å². The van der Waals surface area contributed by atoms with Crippen molar-refractivity contribution in [3.8, 4) is 22.4 Å². The Morgan fingerprint density at radius 3 is 2.02 bits per heavy atom. The average Bonchev–Trinajstić information content (AvgIpc) is 3.36. The van der Waals surface area contributed by atoms with Gasteiger partial charge in [-0.15, -0.1) is 0 Å². The number of halogens is 1. The average molecular weight is 630 g/mol. The predicted molar refractivity (Wildman–Crippen MR) is 175 cm³/mol. The molecule has 3 atom stereocenters. The van der Waals surface area contributed by atoms with E-state index in [1.807, 2.05) is 66.9 Å². The standard InChI is InChI=1S/C36H40FN3O6/c1-22(2)33-32(35(44)39-27-12-8-5-9-13-27)31(24-10-6-4-7-11-24)34(25-14-16-26(37)17-15-25)40(33)19-18-28(41)20-29(42)21-30(43)38-23(3)36(45)46/h4-17,22-23,28-29,41-42H,18-21H2,1-3H3,(H,38,43)(H,39,44)(H,45,46)/t23?,28-,29-/m1/s1. The maximum Gasteiger partial charge on any atom is 0.325 e. The van der Waals surface area contributed by atoms with Crippen LogP contribution in [0.2, 0.25) is 0 Å². The van der Waals surface area contributed by atoms with E-state index in [4.69, 9.17) is 5.11 Å². The number of aliphatic hydroxyl groups is 2. The Hall–Kier alpha value is -4.80. The first-order valence-corrected chi connectivity index (χ1v) is 15.3. The number of aliphatic carboxylic acids is 1. The zero-order valence-corrected chi connectivity index (χ0v) is 26.1. The number of amides is 2. The quantitative estimate of drug-likeness (QED) is 0.119. The molecule has 10 heteroatoms. The van der Waals surface area contributed by atoms with Gasteiger partial charge in [-0.3, -0.25) is 14.4 Å². The van der Waals surface area contributed by atoms with Gasteiger partial charge in [0.05, 0.1) is 29.9 Å². The number of carbonyl (C=O) groups is 3. The summed E-state index contributed by atoms with van der Waals surface area (Å²) >= 11 is 0. The number of carboxylic acids is 1. The van der Waals surface area contributed by atoms with Gasteiger partial charge < -0.3 is 30.5 Å². The first kappa shape index (κ1) is 34.1. The highest BCUT2D eigenvalue weighted by Gasteiger charge is 2.31. The number of hydrogen-bond donors (Lipinski definition) is 5. The summed E-state index contributed by atoms with van der Waals surface area (Å²) in [5.74, 6) is -2.69. The highest BCUT2D eigenvalue weighted by Crippen LogP contribution is 2.42. The highest BCUT2D eigenvalue weighted by atomic mass is 19.1. The van der Waals surface area contributed by atoms with Crippen molar-refractivity contribution in [2.45, 2.75) is 70.7 Å². The Kier molecular flexibility index (Phi) is 11.5. The number of aliphatic hydroxyl groups excluding tert-OH is 2. The third-order valence-electron chi connectivity index (χ3n) is 7.69. The van der Waals surface area contributed by atoms with Gasteiger partial charge in [-0.2, -0.15) is 0 Å². The summed E-state index contributed by atoms with van der Waals surface area (Å²) < 4.78 is 16.1. The zero-order valence-electron chi connectivity index (χ0n) is 26.1. The lowest BCUT2D eigenvalue weighted by Gasteiger charge is -2.20. The first-order chi connectivity index (χ1) is 22.0. The lowest BCUT2D eigenvalue weighted by atomic mass is 9.94. The molecule has 9 nitrogen and oxygen atoms in total. The molecule has 2 amide bonds. The molecule has 0 bridgehead atoms. The van der Waals surface area contributed by atoms with Gasteiger partial charge in [-0.05, 0) is 73.2 Å². The molecule has 1 heterocycles. The molecule has 0 radical (unpaired) electrons. The molecule has 242 valence electrons. The van der Waals surface area contributed by atoms with Crippen molar-refractivity contribution in [3.63, 3.8) is 0 Å². The molecule has 0 saturated carbocycles. The summed E-state index contributed by atoms with van der Waals surface area (Å²) in [6.07, 6.45) is -2.54. The van der Waals surface area contributed by atoms with Crippen LogP contribution in [0, 0.1) is 5.82 Å². The fraction of sp³-hybridized carbons (Fsp3) is 0.306. The number of benzene rings is 3. The molecular weight excluding hydrogens is 589 g/mol. The molecule has 0 fully saturated rings. The molecule has 0 saturated heterocycles. The van der Waals surface area contributed by atoms with Crippen molar-refractivity contribution in [3.05, 3.63) is 102 Å². The number of aromatic nitrogens is 1. The Labute approximate surface area is 267 Å². The van der Waals surface area contributed by atoms with E-state index in [0.29, 0.717) is 28.1 Å². The second-order valence-electron chi connectivity index (χ2n) is 11.6. The zero-order chi connectivity index (χ0) is 33.4. The fourth-order valence-corrected chi connectivity index (χ4v) is 5.58. The Morgan fingerprint density at radius 2 is 1.43 bits per heavy atom. The van der Waals surface area contributed by atoms with E-state index in [1.54, 1.807) is 24.3 Å². The van der Waals surface area contributed by atoms with Crippen molar-refractivity contribution < 1.29 is 34.1 Å². The van der Waals surface area contributed by atoms with Crippen LogP contribution in [0.25, 0.3) is 22.4 Å². The molecule has 0 aliphatic carbocycles. The second-order valence-corrected chi connectivity index (χ2v) is 11.6. The normalized spacial score (nSPS) is 13.2. The van der Waals surface area contributed by atoms with Crippen molar-refractivity contribution >= 4 is 23.5 Å². The van der Waals surface area contributed by atoms with Gasteiger partial charge in [0.25, 0.3) is 5.91 Å². The van der Waals surface area contributed by atoms with Crippen LogP contribution in [0.15, 0.2) is 84.9 Å². The van der Waals surface area contributed by atoms with Gasteiger partial charge in [0.15, 0.2) is 0 Å². The summed E-state index contributed by atoms with van der Waals surface area (Å²) in [5, 5.41) is 35.8. The van der Waals surface area contributed by atoms with Gasteiger partial charge in [-0.25, -0.2) is 4.39 Å². The topological polar surface area (TPSA) is 141 Å². The second kappa shape index (κ2) is 15.5.